The standard InChI is InChI=1S/C30H38N5O6P/c1-5-38-17-25-33-26-27(23-13-9-10-14-24(23)32-28(26)31)35(25)30(15-16-30)18-39-19-42(37,41-22-11-7-6-8-12-22)34-21(4)29(36)40-20(2)3/h6-14,20-21H,5,15-19H2,1-4H3,(H2,31,32)(H,34,37). The highest BCUT2D eigenvalue weighted by Gasteiger charge is 2.48. The average molecular weight is 596 g/mol. The molecule has 1 fully saturated rings. The number of nitrogens with two attached hydrogens (primary N) is 1. The number of para-hydroxylation sites is 2. The molecule has 11 nitrogen and oxygen atoms in total. The Balaban J connectivity index is 1.43. The van der Waals surface area contributed by atoms with Gasteiger partial charge in [-0.3, -0.25) is 9.36 Å². The number of carbonyl (C=O) groups excluding carboxylic acids is 1. The molecule has 12 heteroatoms. The Morgan fingerprint density at radius 2 is 1.79 bits per heavy atom. The van der Waals surface area contributed by atoms with Crippen molar-refractivity contribution in [1.82, 2.24) is 19.6 Å². The first-order chi connectivity index (χ1) is 20.1. The lowest BCUT2D eigenvalue weighted by Crippen LogP contribution is -2.37. The summed E-state index contributed by atoms with van der Waals surface area (Å²) in [6.45, 7) is 8.12. The van der Waals surface area contributed by atoms with Gasteiger partial charge in [-0.25, -0.2) is 15.1 Å². The third kappa shape index (κ3) is 6.44. The SMILES string of the molecule is CCOCc1nc2c(N)nc3ccccc3c2n1C1(COCP(=O)(NC(C)C(=O)OC(C)C)Oc2ccccc2)CC1. The molecule has 0 saturated heterocycles. The molecule has 0 spiro atoms. The van der Waals surface area contributed by atoms with Crippen LogP contribution in [0.15, 0.2) is 54.6 Å². The lowest BCUT2D eigenvalue weighted by Gasteiger charge is -2.26. The number of benzene rings is 2. The number of hydrogen-bond acceptors (Lipinski definition) is 9. The summed E-state index contributed by atoms with van der Waals surface area (Å²) in [5.74, 6) is 0.953. The first-order valence-electron chi connectivity index (χ1n) is 14.2. The second kappa shape index (κ2) is 12.4. The van der Waals surface area contributed by atoms with Gasteiger partial charge in [0.1, 0.15) is 36.1 Å². The number of pyridine rings is 1. The molecule has 2 aromatic carbocycles. The average Bonchev–Trinajstić information content (AvgIpc) is 3.62. The van der Waals surface area contributed by atoms with Gasteiger partial charge in [-0.05, 0) is 58.7 Å². The Hall–Kier alpha value is -3.50. The van der Waals surface area contributed by atoms with E-state index < -0.39 is 25.1 Å². The highest BCUT2D eigenvalue weighted by Crippen LogP contribution is 2.50. The molecule has 2 unspecified atom stereocenters. The number of anilines is 1. The highest BCUT2D eigenvalue weighted by atomic mass is 31.2. The molecular formula is C30H38N5O6P. The molecule has 0 bridgehead atoms. The van der Waals surface area contributed by atoms with Crippen molar-refractivity contribution in [3.8, 4) is 5.75 Å². The molecule has 224 valence electrons. The number of hydrogen-bond donors (Lipinski definition) is 2. The van der Waals surface area contributed by atoms with Gasteiger partial charge in [0.2, 0.25) is 0 Å². The van der Waals surface area contributed by atoms with Crippen LogP contribution in [0.5, 0.6) is 5.75 Å². The van der Waals surface area contributed by atoms with Gasteiger partial charge in [0.05, 0.1) is 29.3 Å². The number of ether oxygens (including phenoxy) is 3. The van der Waals surface area contributed by atoms with E-state index in [9.17, 15) is 9.36 Å². The number of nitrogens with zero attached hydrogens (tertiary/aromatic N) is 3. The van der Waals surface area contributed by atoms with Gasteiger partial charge >= 0.3 is 13.5 Å². The minimum atomic E-state index is -3.71. The van der Waals surface area contributed by atoms with Crippen LogP contribution in [-0.2, 0) is 35.7 Å². The van der Waals surface area contributed by atoms with Crippen LogP contribution in [-0.4, -0.2) is 52.2 Å². The van der Waals surface area contributed by atoms with E-state index in [1.165, 1.54) is 0 Å². The summed E-state index contributed by atoms with van der Waals surface area (Å²) in [5.41, 5.74) is 8.19. The van der Waals surface area contributed by atoms with Crippen LogP contribution < -0.4 is 15.3 Å². The van der Waals surface area contributed by atoms with E-state index in [1.807, 2.05) is 37.3 Å². The van der Waals surface area contributed by atoms with E-state index in [4.69, 9.17) is 29.5 Å². The quantitative estimate of drug-likeness (QED) is 0.144. The van der Waals surface area contributed by atoms with Crippen LogP contribution in [0.1, 0.15) is 46.4 Å². The van der Waals surface area contributed by atoms with E-state index in [0.29, 0.717) is 30.3 Å². The van der Waals surface area contributed by atoms with E-state index in [1.54, 1.807) is 45.0 Å². The van der Waals surface area contributed by atoms with Gasteiger partial charge in [-0.1, -0.05) is 36.4 Å². The highest BCUT2D eigenvalue weighted by molar-refractivity contribution is 7.57. The number of carbonyl (C=O) groups is 1. The van der Waals surface area contributed by atoms with E-state index in [-0.39, 0.29) is 19.1 Å². The van der Waals surface area contributed by atoms with Gasteiger partial charge in [0.15, 0.2) is 5.82 Å². The van der Waals surface area contributed by atoms with Crippen LogP contribution in [0.3, 0.4) is 0 Å². The largest absolute Gasteiger partial charge is 0.462 e. The molecule has 42 heavy (non-hydrogen) atoms. The van der Waals surface area contributed by atoms with Crippen LogP contribution in [0.4, 0.5) is 5.82 Å². The van der Waals surface area contributed by atoms with Crippen molar-refractivity contribution in [3.63, 3.8) is 0 Å². The van der Waals surface area contributed by atoms with Gasteiger partial charge in [-0.15, -0.1) is 0 Å². The monoisotopic (exact) mass is 595 g/mol. The lowest BCUT2D eigenvalue weighted by atomic mass is 10.1. The number of aromatic nitrogens is 3. The topological polar surface area (TPSA) is 140 Å². The molecule has 0 amide bonds. The van der Waals surface area contributed by atoms with E-state index in [2.05, 4.69) is 14.6 Å². The third-order valence-corrected chi connectivity index (χ3v) is 8.86. The van der Waals surface area contributed by atoms with E-state index in [0.717, 1.165) is 35.1 Å². The molecule has 2 heterocycles. The number of nitrogen functional groups attached to an aromatic ring is 1. The van der Waals surface area contributed by atoms with Crippen molar-refractivity contribution in [1.29, 1.82) is 0 Å². The smallest absolute Gasteiger partial charge is 0.342 e. The minimum absolute atomic E-state index is 0.239. The molecular weight excluding hydrogens is 557 g/mol. The summed E-state index contributed by atoms with van der Waals surface area (Å²) in [6.07, 6.45) is 1.07. The van der Waals surface area contributed by atoms with Crippen molar-refractivity contribution in [2.24, 2.45) is 0 Å². The zero-order valence-electron chi connectivity index (χ0n) is 24.4. The summed E-state index contributed by atoms with van der Waals surface area (Å²) < 4.78 is 39.4. The summed E-state index contributed by atoms with van der Waals surface area (Å²) in [6, 6.07) is 15.7. The maximum atomic E-state index is 14.1. The molecule has 2 atom stereocenters. The predicted molar refractivity (Wildman–Crippen MR) is 161 cm³/mol. The lowest BCUT2D eigenvalue weighted by molar-refractivity contribution is -0.149. The fourth-order valence-corrected chi connectivity index (χ4v) is 6.67. The Morgan fingerprint density at radius 1 is 1.07 bits per heavy atom. The fraction of sp³-hybridized carbons (Fsp3) is 0.433. The van der Waals surface area contributed by atoms with Crippen LogP contribution in [0.2, 0.25) is 0 Å². The number of fused-ring (bicyclic) bond motifs is 3. The van der Waals surface area contributed by atoms with Crippen molar-refractivity contribution in [3.05, 3.63) is 60.4 Å². The molecule has 5 rings (SSSR count). The normalized spacial score (nSPS) is 16.4. The van der Waals surface area contributed by atoms with Crippen molar-refractivity contribution < 1.29 is 28.1 Å². The summed E-state index contributed by atoms with van der Waals surface area (Å²) in [4.78, 5) is 21.9. The van der Waals surface area contributed by atoms with E-state index >= 15 is 0 Å². The van der Waals surface area contributed by atoms with Crippen molar-refractivity contribution in [2.45, 2.75) is 64.8 Å². The predicted octanol–water partition coefficient (Wildman–Crippen LogP) is 5.37. The second-order valence-electron chi connectivity index (χ2n) is 10.8. The Bertz CT molecular complexity index is 1600. The molecule has 0 aliphatic heterocycles. The number of imidazole rings is 1. The number of esters is 1. The first-order valence-corrected chi connectivity index (χ1v) is 16.0. The molecule has 1 saturated carbocycles. The van der Waals surface area contributed by atoms with Gasteiger partial charge < -0.3 is 29.0 Å². The van der Waals surface area contributed by atoms with Crippen LogP contribution >= 0.6 is 7.52 Å². The van der Waals surface area contributed by atoms with Crippen LogP contribution in [0, 0.1) is 0 Å². The maximum absolute atomic E-state index is 14.1. The molecule has 3 N–H and O–H groups in total. The number of nitrogens with one attached hydrogen (secondary N) is 1. The minimum Gasteiger partial charge on any atom is -0.462 e. The van der Waals surface area contributed by atoms with Gasteiger partial charge in [0, 0.05) is 12.0 Å². The number of rotatable bonds is 14. The fourth-order valence-electron chi connectivity index (χ4n) is 5.01. The molecule has 2 aromatic heterocycles. The Morgan fingerprint density at radius 3 is 2.48 bits per heavy atom. The zero-order valence-corrected chi connectivity index (χ0v) is 25.3. The molecule has 1 aliphatic rings. The molecule has 0 radical (unpaired) electrons. The van der Waals surface area contributed by atoms with Gasteiger partial charge in [0.25, 0.3) is 0 Å². The summed E-state index contributed by atoms with van der Waals surface area (Å²) in [7, 11) is -3.71. The summed E-state index contributed by atoms with van der Waals surface area (Å²) >= 11 is 0. The molecule has 4 aromatic rings. The van der Waals surface area contributed by atoms with Crippen molar-refractivity contribution >= 4 is 41.2 Å². The third-order valence-electron chi connectivity index (χ3n) is 7.05. The Kier molecular flexibility index (Phi) is 8.84. The van der Waals surface area contributed by atoms with Crippen LogP contribution in [0.25, 0.3) is 21.9 Å². The van der Waals surface area contributed by atoms with Crippen molar-refractivity contribution in [2.75, 3.05) is 25.3 Å². The molecule has 1 aliphatic carbocycles. The zero-order chi connectivity index (χ0) is 29.9. The van der Waals surface area contributed by atoms with Gasteiger partial charge in [-0.2, -0.15) is 0 Å². The Labute approximate surface area is 245 Å². The second-order valence-corrected chi connectivity index (χ2v) is 12.9. The maximum Gasteiger partial charge on any atom is 0.342 e. The first kappa shape index (κ1) is 30.0. The summed E-state index contributed by atoms with van der Waals surface area (Å²) in [5, 5.41) is 3.79.